The number of esters is 1. The normalized spacial score (nSPS) is 12.8. The molecule has 2 N–H and O–H groups in total. The van der Waals surface area contributed by atoms with Gasteiger partial charge in [0.05, 0.1) is 17.6 Å². The first kappa shape index (κ1) is 19.2. The number of thiocarbonyl (C=S) groups is 1. The number of methoxy groups -OCH3 is 1. The number of aryl methyl sites for hydroxylation is 2. The van der Waals surface area contributed by atoms with Gasteiger partial charge >= 0.3 is 5.97 Å². The van der Waals surface area contributed by atoms with Crippen molar-refractivity contribution in [3.63, 3.8) is 0 Å². The maximum absolute atomic E-state index is 12.3. The molecule has 27 heavy (non-hydrogen) atoms. The van der Waals surface area contributed by atoms with E-state index in [1.807, 2.05) is 6.92 Å². The maximum atomic E-state index is 12.3. The number of nitrogens with one attached hydrogen (secondary N) is 2. The van der Waals surface area contributed by atoms with Crippen molar-refractivity contribution in [2.24, 2.45) is 0 Å². The highest BCUT2D eigenvalue weighted by Crippen LogP contribution is 2.38. The zero-order valence-corrected chi connectivity index (χ0v) is 16.6. The zero-order chi connectivity index (χ0) is 19.6. The summed E-state index contributed by atoms with van der Waals surface area (Å²) in [4.78, 5) is 24.0. The lowest BCUT2D eigenvalue weighted by molar-refractivity contribution is -0.384. The van der Waals surface area contributed by atoms with Crippen molar-refractivity contribution in [1.29, 1.82) is 0 Å². The summed E-state index contributed by atoms with van der Waals surface area (Å²) in [5, 5.41) is 18.0. The molecule has 0 amide bonds. The lowest BCUT2D eigenvalue weighted by Crippen LogP contribution is -2.21. The number of ether oxygens (including phenoxy) is 1. The highest BCUT2D eigenvalue weighted by atomic mass is 32.1. The van der Waals surface area contributed by atoms with E-state index in [0.29, 0.717) is 16.3 Å². The molecule has 7 nitrogen and oxygen atoms in total. The van der Waals surface area contributed by atoms with E-state index < -0.39 is 4.92 Å². The van der Waals surface area contributed by atoms with Gasteiger partial charge in [0.1, 0.15) is 5.00 Å². The predicted octanol–water partition coefficient (Wildman–Crippen LogP) is 4.44. The van der Waals surface area contributed by atoms with Gasteiger partial charge in [0.2, 0.25) is 0 Å². The lowest BCUT2D eigenvalue weighted by Gasteiger charge is -2.13. The first-order chi connectivity index (χ1) is 12.9. The Morgan fingerprint density at radius 2 is 2.04 bits per heavy atom. The molecule has 142 valence electrons. The Kier molecular flexibility index (Phi) is 5.71. The molecular formula is C18H19N3O4S2. The van der Waals surface area contributed by atoms with Crippen LogP contribution < -0.4 is 10.6 Å². The first-order valence-corrected chi connectivity index (χ1v) is 9.69. The number of hydrogen-bond acceptors (Lipinski definition) is 6. The standard InChI is InChI=1S/C18H19N3O4S2/c1-10-7-8-11(21(23)24)9-13(10)19-18(26)20-16-15(17(22)25-2)12-5-3-4-6-14(12)27-16/h7-9H,3-6H2,1-2H3,(H2,19,20,26). The molecule has 0 atom stereocenters. The molecule has 1 aromatic carbocycles. The summed E-state index contributed by atoms with van der Waals surface area (Å²) in [6.45, 7) is 1.83. The molecule has 0 bridgehead atoms. The topological polar surface area (TPSA) is 93.5 Å². The third-order valence-electron chi connectivity index (χ3n) is 4.47. The van der Waals surface area contributed by atoms with Crippen molar-refractivity contribution in [3.05, 3.63) is 49.9 Å². The number of carbonyl (C=O) groups excluding carboxylic acids is 1. The van der Waals surface area contributed by atoms with Crippen LogP contribution >= 0.6 is 23.6 Å². The number of nitro groups is 1. The number of fused-ring (bicyclic) bond motifs is 1. The Hall–Kier alpha value is -2.52. The molecule has 0 fully saturated rings. The van der Waals surface area contributed by atoms with E-state index in [-0.39, 0.29) is 16.8 Å². The van der Waals surface area contributed by atoms with Gasteiger partial charge in [-0.1, -0.05) is 6.07 Å². The van der Waals surface area contributed by atoms with Crippen LogP contribution in [0.2, 0.25) is 0 Å². The minimum absolute atomic E-state index is 0.0206. The van der Waals surface area contributed by atoms with E-state index in [1.54, 1.807) is 6.07 Å². The van der Waals surface area contributed by atoms with E-state index in [2.05, 4.69) is 10.6 Å². The second-order valence-electron chi connectivity index (χ2n) is 6.24. The summed E-state index contributed by atoms with van der Waals surface area (Å²) < 4.78 is 4.95. The molecule has 9 heteroatoms. The van der Waals surface area contributed by atoms with Crippen molar-refractivity contribution in [2.75, 3.05) is 17.7 Å². The molecule has 0 saturated heterocycles. The van der Waals surface area contributed by atoms with Crippen LogP contribution in [-0.2, 0) is 17.6 Å². The van der Waals surface area contributed by atoms with Crippen LogP contribution in [0, 0.1) is 17.0 Å². The Morgan fingerprint density at radius 1 is 1.30 bits per heavy atom. The number of anilines is 2. The third kappa shape index (κ3) is 4.09. The maximum Gasteiger partial charge on any atom is 0.341 e. The molecule has 1 heterocycles. The monoisotopic (exact) mass is 405 g/mol. The van der Waals surface area contributed by atoms with Gasteiger partial charge in [0.15, 0.2) is 5.11 Å². The number of hydrogen-bond donors (Lipinski definition) is 2. The number of benzene rings is 1. The summed E-state index contributed by atoms with van der Waals surface area (Å²) in [5.41, 5.74) is 2.92. The van der Waals surface area contributed by atoms with E-state index in [9.17, 15) is 14.9 Å². The summed E-state index contributed by atoms with van der Waals surface area (Å²) in [6, 6.07) is 4.54. The summed E-state index contributed by atoms with van der Waals surface area (Å²) in [7, 11) is 1.36. The molecule has 0 radical (unpaired) electrons. The van der Waals surface area contributed by atoms with Crippen LogP contribution in [0.25, 0.3) is 0 Å². The van der Waals surface area contributed by atoms with Crippen molar-refractivity contribution in [3.8, 4) is 0 Å². The summed E-state index contributed by atoms with van der Waals surface area (Å²) >= 11 is 6.88. The van der Waals surface area contributed by atoms with Crippen molar-refractivity contribution < 1.29 is 14.5 Å². The zero-order valence-electron chi connectivity index (χ0n) is 15.0. The van der Waals surface area contributed by atoms with Crippen molar-refractivity contribution in [2.45, 2.75) is 32.6 Å². The number of rotatable bonds is 4. The highest BCUT2D eigenvalue weighted by Gasteiger charge is 2.26. The molecular weight excluding hydrogens is 386 g/mol. The van der Waals surface area contributed by atoms with Gasteiger partial charge in [-0.15, -0.1) is 11.3 Å². The molecule has 0 aliphatic heterocycles. The van der Waals surface area contributed by atoms with Crippen molar-refractivity contribution >= 4 is 51.0 Å². The SMILES string of the molecule is COC(=O)c1c(NC(=S)Nc2cc([N+](=O)[O-])ccc2C)sc2c1CCCC2. The molecule has 0 spiro atoms. The highest BCUT2D eigenvalue weighted by molar-refractivity contribution is 7.80. The number of nitro benzene ring substituents is 1. The van der Waals surface area contributed by atoms with Crippen LogP contribution in [0.5, 0.6) is 0 Å². The van der Waals surface area contributed by atoms with Gasteiger partial charge in [-0.05, 0) is 56.0 Å². The van der Waals surface area contributed by atoms with E-state index in [0.717, 1.165) is 36.8 Å². The Balaban J connectivity index is 1.84. The second-order valence-corrected chi connectivity index (χ2v) is 7.76. The Morgan fingerprint density at radius 3 is 2.74 bits per heavy atom. The number of non-ortho nitro benzene ring substituents is 1. The van der Waals surface area contributed by atoms with Crippen molar-refractivity contribution in [1.82, 2.24) is 0 Å². The Labute approximate surface area is 165 Å². The Bertz CT molecular complexity index is 924. The van der Waals surface area contributed by atoms with Crippen LogP contribution in [0.15, 0.2) is 18.2 Å². The second kappa shape index (κ2) is 8.01. The summed E-state index contributed by atoms with van der Waals surface area (Å²) in [6.07, 6.45) is 3.93. The molecule has 0 unspecified atom stereocenters. The summed E-state index contributed by atoms with van der Waals surface area (Å²) in [5.74, 6) is -0.383. The number of thiophene rings is 1. The molecule has 1 aliphatic rings. The molecule has 3 rings (SSSR count). The van der Waals surface area contributed by atoms with Gasteiger partial charge < -0.3 is 15.4 Å². The average Bonchev–Trinajstić information content (AvgIpc) is 3.00. The predicted molar refractivity (Wildman–Crippen MR) is 110 cm³/mol. The minimum atomic E-state index is -0.455. The van der Waals surface area contributed by atoms with Gasteiger partial charge in [-0.25, -0.2) is 4.79 Å². The van der Waals surface area contributed by atoms with Gasteiger partial charge in [-0.2, -0.15) is 0 Å². The lowest BCUT2D eigenvalue weighted by atomic mass is 9.95. The number of nitrogens with zero attached hydrogens (tertiary/aromatic N) is 1. The van der Waals surface area contributed by atoms with E-state index >= 15 is 0 Å². The van der Waals surface area contributed by atoms with Gasteiger partial charge in [0, 0.05) is 22.7 Å². The minimum Gasteiger partial charge on any atom is -0.465 e. The van der Waals surface area contributed by atoms with Crippen LogP contribution in [0.4, 0.5) is 16.4 Å². The van der Waals surface area contributed by atoms with Crippen LogP contribution in [0.1, 0.15) is 39.2 Å². The van der Waals surface area contributed by atoms with Gasteiger partial charge in [0.25, 0.3) is 5.69 Å². The molecule has 0 saturated carbocycles. The van der Waals surface area contributed by atoms with Gasteiger partial charge in [-0.3, -0.25) is 10.1 Å². The third-order valence-corrected chi connectivity index (χ3v) is 5.88. The fourth-order valence-corrected chi connectivity index (χ4v) is 4.65. The molecule has 1 aromatic heterocycles. The average molecular weight is 406 g/mol. The van der Waals surface area contributed by atoms with E-state index in [4.69, 9.17) is 17.0 Å². The molecule has 1 aliphatic carbocycles. The van der Waals surface area contributed by atoms with Crippen LogP contribution in [-0.4, -0.2) is 23.1 Å². The number of carbonyl (C=O) groups is 1. The first-order valence-electron chi connectivity index (χ1n) is 8.46. The van der Waals surface area contributed by atoms with Crippen LogP contribution in [0.3, 0.4) is 0 Å². The fraction of sp³-hybridized carbons (Fsp3) is 0.333. The smallest absolute Gasteiger partial charge is 0.341 e. The largest absolute Gasteiger partial charge is 0.465 e. The fourth-order valence-electron chi connectivity index (χ4n) is 3.09. The molecule has 2 aromatic rings. The quantitative estimate of drug-likeness (QED) is 0.336. The van der Waals surface area contributed by atoms with E-state index in [1.165, 1.54) is 35.5 Å².